The lowest BCUT2D eigenvalue weighted by molar-refractivity contribution is -0.164. The maximum absolute atomic E-state index is 13.1. The lowest BCUT2D eigenvalue weighted by atomic mass is 9.99. The second-order valence-electron chi connectivity index (χ2n) is 8.32. The Balaban J connectivity index is 1.46. The number of hydrogen-bond donors (Lipinski definition) is 1. The molecule has 186 valence electrons. The summed E-state index contributed by atoms with van der Waals surface area (Å²) in [5.74, 6) is -4.40. The molecule has 10 nitrogen and oxygen atoms in total. The second kappa shape index (κ2) is 10.4. The molecule has 2 aliphatic heterocycles. The lowest BCUT2D eigenvalue weighted by Crippen LogP contribution is -2.56. The number of amides is 5. The van der Waals surface area contributed by atoms with Gasteiger partial charge in [-0.15, -0.1) is 0 Å². The molecule has 0 saturated carbocycles. The standard InChI is InChI=1S/C25H22BrN3O7/c1-14(15-6-4-5-9-18(15)27-20(30)12-26)25(35)36-13-28-21(31)11-10-19(24(28)34)29-22(32)16-7-2-3-8-17(16)23(29)33/h2-9,14,19H,10-13H2,1H3,(H,27,30)/t14?,19-/m0/s1. The molecule has 1 N–H and O–H groups in total. The molecular formula is C25H22BrN3O7. The number of fused-ring (bicyclic) bond motifs is 1. The fourth-order valence-corrected chi connectivity index (χ4v) is 4.38. The Hall–Kier alpha value is -3.86. The Morgan fingerprint density at radius 2 is 1.64 bits per heavy atom. The summed E-state index contributed by atoms with van der Waals surface area (Å²) in [6.07, 6.45) is -0.108. The maximum Gasteiger partial charge on any atom is 0.314 e. The maximum atomic E-state index is 13.1. The SMILES string of the molecule is CC(C(=O)OCN1C(=O)CC[C@H](N2C(=O)c3ccccc3C2=O)C1=O)c1ccccc1NC(=O)CBr. The smallest absolute Gasteiger partial charge is 0.314 e. The molecule has 2 aromatic carbocycles. The van der Waals surface area contributed by atoms with Crippen LogP contribution in [0, 0.1) is 0 Å². The number of carbonyl (C=O) groups is 6. The van der Waals surface area contributed by atoms with Crippen LogP contribution in [-0.2, 0) is 23.9 Å². The number of carbonyl (C=O) groups excluding carboxylic acids is 6. The van der Waals surface area contributed by atoms with Crippen LogP contribution < -0.4 is 5.32 Å². The summed E-state index contributed by atoms with van der Waals surface area (Å²) in [6.45, 7) is 0.916. The summed E-state index contributed by atoms with van der Waals surface area (Å²) in [4.78, 5) is 77.4. The van der Waals surface area contributed by atoms with E-state index in [-0.39, 0.29) is 35.2 Å². The van der Waals surface area contributed by atoms with Crippen LogP contribution >= 0.6 is 15.9 Å². The first-order valence-corrected chi connectivity index (χ1v) is 12.3. The van der Waals surface area contributed by atoms with Crippen LogP contribution in [0.5, 0.6) is 0 Å². The van der Waals surface area contributed by atoms with Gasteiger partial charge in [-0.3, -0.25) is 33.7 Å². The van der Waals surface area contributed by atoms with Crippen molar-refractivity contribution in [1.82, 2.24) is 9.80 Å². The number of alkyl halides is 1. The van der Waals surface area contributed by atoms with Gasteiger partial charge in [-0.2, -0.15) is 0 Å². The Bertz CT molecular complexity index is 1240. The number of ether oxygens (including phenoxy) is 1. The van der Waals surface area contributed by atoms with Crippen molar-refractivity contribution in [3.63, 3.8) is 0 Å². The van der Waals surface area contributed by atoms with Gasteiger partial charge < -0.3 is 10.1 Å². The number of halogens is 1. The van der Waals surface area contributed by atoms with Gasteiger partial charge in [-0.05, 0) is 37.1 Å². The third-order valence-corrected chi connectivity index (χ3v) is 6.64. The minimum Gasteiger partial charge on any atom is -0.443 e. The molecule has 0 aliphatic carbocycles. The normalized spacial score (nSPS) is 18.2. The predicted molar refractivity (Wildman–Crippen MR) is 130 cm³/mol. The Kier molecular flexibility index (Phi) is 7.30. The van der Waals surface area contributed by atoms with Crippen molar-refractivity contribution in [3.8, 4) is 0 Å². The van der Waals surface area contributed by atoms with E-state index in [1.54, 1.807) is 43.3 Å². The first kappa shape index (κ1) is 25.2. The molecule has 1 unspecified atom stereocenters. The molecule has 0 radical (unpaired) electrons. The van der Waals surface area contributed by atoms with E-state index in [0.717, 1.165) is 9.80 Å². The molecule has 11 heteroatoms. The average molecular weight is 556 g/mol. The summed E-state index contributed by atoms with van der Waals surface area (Å²) in [5.41, 5.74) is 1.33. The number of esters is 1. The van der Waals surface area contributed by atoms with Gasteiger partial charge in [0.2, 0.25) is 11.8 Å². The quantitative estimate of drug-likeness (QED) is 0.315. The summed E-state index contributed by atoms with van der Waals surface area (Å²) < 4.78 is 5.29. The molecule has 5 amide bonds. The number of anilines is 1. The topological polar surface area (TPSA) is 130 Å². The van der Waals surface area contributed by atoms with Crippen LogP contribution in [0.4, 0.5) is 5.69 Å². The number of piperidine rings is 1. The van der Waals surface area contributed by atoms with Crippen molar-refractivity contribution >= 4 is 57.1 Å². The second-order valence-corrected chi connectivity index (χ2v) is 8.88. The van der Waals surface area contributed by atoms with Crippen LogP contribution in [0.15, 0.2) is 48.5 Å². The molecule has 0 aromatic heterocycles. The molecule has 4 rings (SSSR count). The van der Waals surface area contributed by atoms with E-state index in [1.165, 1.54) is 12.1 Å². The molecule has 0 spiro atoms. The van der Waals surface area contributed by atoms with Gasteiger partial charge >= 0.3 is 5.97 Å². The zero-order chi connectivity index (χ0) is 26.0. The number of para-hydroxylation sites is 1. The largest absolute Gasteiger partial charge is 0.443 e. The van der Waals surface area contributed by atoms with Gasteiger partial charge in [0.05, 0.1) is 22.4 Å². The molecule has 36 heavy (non-hydrogen) atoms. The molecule has 1 fully saturated rings. The van der Waals surface area contributed by atoms with Crippen LogP contribution in [0.3, 0.4) is 0 Å². The number of nitrogens with zero attached hydrogens (tertiary/aromatic N) is 2. The number of imide groups is 2. The highest BCUT2D eigenvalue weighted by Crippen LogP contribution is 2.30. The predicted octanol–water partition coefficient (Wildman–Crippen LogP) is 2.44. The summed E-state index contributed by atoms with van der Waals surface area (Å²) >= 11 is 3.07. The highest BCUT2D eigenvalue weighted by Gasteiger charge is 2.47. The third-order valence-electron chi connectivity index (χ3n) is 6.13. The minimum atomic E-state index is -1.17. The van der Waals surface area contributed by atoms with Crippen molar-refractivity contribution < 1.29 is 33.5 Å². The van der Waals surface area contributed by atoms with E-state index in [2.05, 4.69) is 21.2 Å². The molecular weight excluding hydrogens is 534 g/mol. The van der Waals surface area contributed by atoms with E-state index in [1.807, 2.05) is 0 Å². The van der Waals surface area contributed by atoms with Crippen LogP contribution in [0.2, 0.25) is 0 Å². The Labute approximate surface area is 214 Å². The van der Waals surface area contributed by atoms with Crippen molar-refractivity contribution in [2.24, 2.45) is 0 Å². The van der Waals surface area contributed by atoms with E-state index in [9.17, 15) is 28.8 Å². The van der Waals surface area contributed by atoms with Crippen molar-refractivity contribution in [2.45, 2.75) is 31.7 Å². The number of benzene rings is 2. The fraction of sp³-hybridized carbons (Fsp3) is 0.280. The van der Waals surface area contributed by atoms with Crippen molar-refractivity contribution in [3.05, 3.63) is 65.2 Å². The van der Waals surface area contributed by atoms with Gasteiger partial charge in [0, 0.05) is 12.1 Å². The minimum absolute atomic E-state index is 0.00930. The lowest BCUT2D eigenvalue weighted by Gasteiger charge is -2.34. The Morgan fingerprint density at radius 1 is 1.03 bits per heavy atom. The van der Waals surface area contributed by atoms with Gasteiger partial charge in [0.1, 0.15) is 6.04 Å². The van der Waals surface area contributed by atoms with E-state index < -0.39 is 48.3 Å². The number of hydrogen-bond acceptors (Lipinski definition) is 7. The van der Waals surface area contributed by atoms with Crippen molar-refractivity contribution in [2.75, 3.05) is 17.4 Å². The monoisotopic (exact) mass is 555 g/mol. The molecule has 2 atom stereocenters. The molecule has 2 aromatic rings. The number of likely N-dealkylation sites (tertiary alicyclic amines) is 1. The average Bonchev–Trinajstić information content (AvgIpc) is 3.13. The fourth-order valence-electron chi connectivity index (χ4n) is 4.24. The zero-order valence-corrected chi connectivity index (χ0v) is 20.8. The van der Waals surface area contributed by atoms with Gasteiger partial charge in [0.15, 0.2) is 6.73 Å². The van der Waals surface area contributed by atoms with Crippen molar-refractivity contribution in [1.29, 1.82) is 0 Å². The molecule has 0 bridgehead atoms. The summed E-state index contributed by atoms with van der Waals surface area (Å²) in [7, 11) is 0. The zero-order valence-electron chi connectivity index (χ0n) is 19.2. The third kappa shape index (κ3) is 4.66. The van der Waals surface area contributed by atoms with Crippen LogP contribution in [0.1, 0.15) is 52.0 Å². The first-order chi connectivity index (χ1) is 17.2. The Morgan fingerprint density at radius 3 is 2.28 bits per heavy atom. The molecule has 2 heterocycles. The van der Waals surface area contributed by atoms with E-state index in [0.29, 0.717) is 11.3 Å². The molecule has 2 aliphatic rings. The number of rotatable bonds is 7. The summed E-state index contributed by atoms with van der Waals surface area (Å²) in [5, 5.41) is 2.76. The summed E-state index contributed by atoms with van der Waals surface area (Å²) in [6, 6.07) is 11.8. The first-order valence-electron chi connectivity index (χ1n) is 11.2. The van der Waals surface area contributed by atoms with Gasteiger partial charge in [0.25, 0.3) is 17.7 Å². The highest BCUT2D eigenvalue weighted by molar-refractivity contribution is 9.09. The molecule has 1 saturated heterocycles. The van der Waals surface area contributed by atoms with E-state index >= 15 is 0 Å². The number of nitrogens with one attached hydrogen (secondary N) is 1. The van der Waals surface area contributed by atoms with Crippen LogP contribution in [0.25, 0.3) is 0 Å². The van der Waals surface area contributed by atoms with Gasteiger partial charge in [-0.1, -0.05) is 46.3 Å². The van der Waals surface area contributed by atoms with Gasteiger partial charge in [-0.25, -0.2) is 4.90 Å². The van der Waals surface area contributed by atoms with Crippen LogP contribution in [-0.4, -0.2) is 63.4 Å². The van der Waals surface area contributed by atoms with E-state index in [4.69, 9.17) is 4.74 Å². The highest BCUT2D eigenvalue weighted by atomic mass is 79.9.